The van der Waals surface area contributed by atoms with Crippen LogP contribution in [0.15, 0.2) is 34.9 Å². The number of hydrogen-bond acceptors (Lipinski definition) is 4. The summed E-state index contributed by atoms with van der Waals surface area (Å²) in [5, 5.41) is 2.78. The normalized spacial score (nSPS) is 11.1. The summed E-state index contributed by atoms with van der Waals surface area (Å²) >= 11 is 0. The highest BCUT2D eigenvalue weighted by atomic mass is 19.1. The summed E-state index contributed by atoms with van der Waals surface area (Å²) in [6.07, 6.45) is 1.87. The number of aromatic nitrogens is 2. The van der Waals surface area contributed by atoms with Crippen LogP contribution in [0.5, 0.6) is 0 Å². The van der Waals surface area contributed by atoms with E-state index in [1.54, 1.807) is 12.1 Å². The van der Waals surface area contributed by atoms with Crippen molar-refractivity contribution in [2.75, 3.05) is 6.54 Å². The van der Waals surface area contributed by atoms with Gasteiger partial charge in [0.1, 0.15) is 23.4 Å². The molecule has 2 aromatic heterocycles. The highest BCUT2D eigenvalue weighted by Crippen LogP contribution is 2.18. The van der Waals surface area contributed by atoms with Gasteiger partial charge in [-0.1, -0.05) is 6.07 Å². The fourth-order valence-corrected chi connectivity index (χ4v) is 2.45. The van der Waals surface area contributed by atoms with E-state index in [-0.39, 0.29) is 18.3 Å². The molecular formula is C16H17FN4O2. The van der Waals surface area contributed by atoms with Crippen LogP contribution in [-0.4, -0.2) is 22.0 Å². The number of nitrogens with one attached hydrogen (secondary N) is 1. The van der Waals surface area contributed by atoms with Gasteiger partial charge in [0, 0.05) is 20.0 Å². The Kier molecular flexibility index (Phi) is 4.12. The molecule has 120 valence electrons. The number of rotatable bonds is 5. The monoisotopic (exact) mass is 316 g/mol. The predicted octanol–water partition coefficient (Wildman–Crippen LogP) is 1.74. The molecule has 0 aliphatic rings. The number of amides is 1. The summed E-state index contributed by atoms with van der Waals surface area (Å²) in [5.74, 6) is 0.681. The molecule has 0 spiro atoms. The van der Waals surface area contributed by atoms with Gasteiger partial charge in [-0.15, -0.1) is 0 Å². The van der Waals surface area contributed by atoms with Crippen LogP contribution in [0.2, 0.25) is 0 Å². The summed E-state index contributed by atoms with van der Waals surface area (Å²) in [5.41, 5.74) is 6.95. The summed E-state index contributed by atoms with van der Waals surface area (Å²) < 4.78 is 20.7. The average molecular weight is 316 g/mol. The Morgan fingerprint density at radius 2 is 2.30 bits per heavy atom. The van der Waals surface area contributed by atoms with Crippen molar-refractivity contribution in [1.29, 1.82) is 0 Å². The van der Waals surface area contributed by atoms with Gasteiger partial charge in [-0.25, -0.2) is 9.37 Å². The van der Waals surface area contributed by atoms with Crippen molar-refractivity contribution in [1.82, 2.24) is 14.9 Å². The molecule has 2 heterocycles. The molecule has 0 fully saturated rings. The van der Waals surface area contributed by atoms with Crippen LogP contribution in [0.25, 0.3) is 11.0 Å². The Balaban J connectivity index is 1.66. The van der Waals surface area contributed by atoms with E-state index < -0.39 is 0 Å². The van der Waals surface area contributed by atoms with E-state index in [0.717, 1.165) is 5.52 Å². The molecule has 6 nitrogen and oxygen atoms in total. The molecule has 0 aliphatic carbocycles. The summed E-state index contributed by atoms with van der Waals surface area (Å²) in [6, 6.07) is 6.46. The van der Waals surface area contributed by atoms with Gasteiger partial charge in [0.15, 0.2) is 5.82 Å². The Morgan fingerprint density at radius 1 is 1.48 bits per heavy atom. The maximum absolute atomic E-state index is 13.7. The topological polar surface area (TPSA) is 86.1 Å². The molecule has 23 heavy (non-hydrogen) atoms. The molecule has 3 rings (SSSR count). The van der Waals surface area contributed by atoms with Crippen molar-refractivity contribution in [3.63, 3.8) is 0 Å². The lowest BCUT2D eigenvalue weighted by atomic mass is 10.3. The van der Waals surface area contributed by atoms with Crippen LogP contribution < -0.4 is 11.1 Å². The molecule has 0 unspecified atom stereocenters. The van der Waals surface area contributed by atoms with Crippen LogP contribution in [0, 0.1) is 5.82 Å². The molecule has 0 saturated carbocycles. The molecule has 3 N–H and O–H groups in total. The zero-order valence-corrected chi connectivity index (χ0v) is 12.7. The number of fused-ring (bicyclic) bond motifs is 1. The van der Waals surface area contributed by atoms with Crippen molar-refractivity contribution in [3.05, 3.63) is 53.5 Å². The van der Waals surface area contributed by atoms with E-state index in [0.29, 0.717) is 35.6 Å². The first-order valence-corrected chi connectivity index (χ1v) is 7.25. The molecule has 7 heteroatoms. The van der Waals surface area contributed by atoms with E-state index in [1.165, 1.54) is 12.3 Å². The predicted molar refractivity (Wildman–Crippen MR) is 83.3 cm³/mol. The van der Waals surface area contributed by atoms with E-state index in [9.17, 15) is 9.18 Å². The highest BCUT2D eigenvalue weighted by Gasteiger charge is 2.12. The second kappa shape index (κ2) is 6.21. The quantitative estimate of drug-likeness (QED) is 0.750. The Labute approximate surface area is 132 Å². The standard InChI is InChI=1S/C16H17FN4O2/c1-21-13-4-2-3-12(17)15(13)20-14(21)5-6-19-16(22)10-7-11(8-18)23-9-10/h2-4,7,9H,5-6,8,18H2,1H3,(H,19,22). The van der Waals surface area contributed by atoms with Crippen molar-refractivity contribution in [3.8, 4) is 0 Å². The number of furan rings is 1. The van der Waals surface area contributed by atoms with Crippen LogP contribution in [0.1, 0.15) is 21.9 Å². The van der Waals surface area contributed by atoms with E-state index >= 15 is 0 Å². The zero-order valence-electron chi connectivity index (χ0n) is 12.7. The number of hydrogen-bond donors (Lipinski definition) is 2. The lowest BCUT2D eigenvalue weighted by Crippen LogP contribution is -2.26. The third kappa shape index (κ3) is 2.95. The second-order valence-electron chi connectivity index (χ2n) is 5.21. The zero-order chi connectivity index (χ0) is 16.4. The first-order valence-electron chi connectivity index (χ1n) is 7.25. The van der Waals surface area contributed by atoms with Crippen molar-refractivity contribution in [2.24, 2.45) is 12.8 Å². The molecular weight excluding hydrogens is 299 g/mol. The number of nitrogens with zero attached hydrogens (tertiary/aromatic N) is 2. The maximum atomic E-state index is 13.7. The molecule has 1 amide bonds. The van der Waals surface area contributed by atoms with Crippen molar-refractivity contribution < 1.29 is 13.6 Å². The molecule has 1 aromatic carbocycles. The van der Waals surface area contributed by atoms with Gasteiger partial charge in [0.2, 0.25) is 0 Å². The van der Waals surface area contributed by atoms with Gasteiger partial charge >= 0.3 is 0 Å². The number of carbonyl (C=O) groups is 1. The Bertz CT molecular complexity index is 853. The number of benzene rings is 1. The number of imidazole rings is 1. The fraction of sp³-hybridized carbons (Fsp3) is 0.250. The van der Waals surface area contributed by atoms with E-state index in [2.05, 4.69) is 10.3 Å². The molecule has 0 bridgehead atoms. The smallest absolute Gasteiger partial charge is 0.254 e. The van der Waals surface area contributed by atoms with E-state index in [1.807, 2.05) is 17.7 Å². The number of aryl methyl sites for hydroxylation is 1. The molecule has 0 radical (unpaired) electrons. The fourth-order valence-electron chi connectivity index (χ4n) is 2.45. The maximum Gasteiger partial charge on any atom is 0.254 e. The molecule has 0 saturated heterocycles. The number of halogens is 1. The largest absolute Gasteiger partial charge is 0.467 e. The SMILES string of the molecule is Cn1c(CCNC(=O)c2coc(CN)c2)nc2c(F)cccc21. The van der Waals surface area contributed by atoms with Crippen LogP contribution in [0.3, 0.4) is 0 Å². The first-order chi connectivity index (χ1) is 11.1. The second-order valence-corrected chi connectivity index (χ2v) is 5.21. The summed E-state index contributed by atoms with van der Waals surface area (Å²) in [6.45, 7) is 0.638. The minimum atomic E-state index is -0.346. The van der Waals surface area contributed by atoms with Gasteiger partial charge in [0.25, 0.3) is 5.91 Å². The van der Waals surface area contributed by atoms with Gasteiger partial charge in [-0.05, 0) is 18.2 Å². The average Bonchev–Trinajstić information content (AvgIpc) is 3.14. The van der Waals surface area contributed by atoms with Gasteiger partial charge in [-0.3, -0.25) is 4.79 Å². The molecule has 0 aliphatic heterocycles. The minimum absolute atomic E-state index is 0.238. The van der Waals surface area contributed by atoms with Gasteiger partial charge < -0.3 is 20.0 Å². The Hall–Kier alpha value is -2.67. The van der Waals surface area contributed by atoms with Gasteiger partial charge in [-0.2, -0.15) is 0 Å². The van der Waals surface area contributed by atoms with Crippen molar-refractivity contribution >= 4 is 16.9 Å². The number of nitrogens with two attached hydrogens (primary N) is 1. The third-order valence-electron chi connectivity index (χ3n) is 3.71. The number of para-hydroxylation sites is 1. The molecule has 3 aromatic rings. The van der Waals surface area contributed by atoms with E-state index in [4.69, 9.17) is 10.2 Å². The first kappa shape index (κ1) is 15.2. The molecule has 0 atom stereocenters. The Morgan fingerprint density at radius 3 is 3.00 bits per heavy atom. The lowest BCUT2D eigenvalue weighted by molar-refractivity contribution is 0.0953. The summed E-state index contributed by atoms with van der Waals surface area (Å²) in [7, 11) is 1.83. The van der Waals surface area contributed by atoms with Crippen molar-refractivity contribution in [2.45, 2.75) is 13.0 Å². The highest BCUT2D eigenvalue weighted by molar-refractivity contribution is 5.93. The summed E-state index contributed by atoms with van der Waals surface area (Å²) in [4.78, 5) is 16.3. The minimum Gasteiger partial charge on any atom is -0.467 e. The third-order valence-corrected chi connectivity index (χ3v) is 3.71. The van der Waals surface area contributed by atoms with Crippen LogP contribution in [-0.2, 0) is 20.0 Å². The van der Waals surface area contributed by atoms with Crippen LogP contribution >= 0.6 is 0 Å². The van der Waals surface area contributed by atoms with Gasteiger partial charge in [0.05, 0.1) is 17.6 Å². The lowest BCUT2D eigenvalue weighted by Gasteiger charge is -2.04. The van der Waals surface area contributed by atoms with Crippen LogP contribution in [0.4, 0.5) is 4.39 Å². The number of carbonyl (C=O) groups excluding carboxylic acids is 1.